The molecule has 5 nitrogen and oxygen atoms in total. The number of benzene rings is 3. The van der Waals surface area contributed by atoms with Crippen LogP contribution in [-0.4, -0.2) is 27.1 Å². The monoisotopic (exact) mass is 464 g/mol. The molecule has 0 radical (unpaired) electrons. The van der Waals surface area contributed by atoms with Crippen molar-refractivity contribution in [2.75, 3.05) is 22.4 Å². The molecule has 0 aliphatic heterocycles. The lowest BCUT2D eigenvalue weighted by atomic mass is 10.3. The maximum atomic E-state index is 13.8. The van der Waals surface area contributed by atoms with Gasteiger partial charge in [-0.05, 0) is 66.9 Å². The van der Waals surface area contributed by atoms with Gasteiger partial charge in [0.25, 0.3) is 10.0 Å². The first-order valence-corrected chi connectivity index (χ1v) is 11.8. The van der Waals surface area contributed by atoms with Crippen molar-refractivity contribution in [2.24, 2.45) is 0 Å². The molecule has 30 heavy (non-hydrogen) atoms. The van der Waals surface area contributed by atoms with Crippen LogP contribution in [0.4, 0.5) is 15.8 Å². The third-order valence-corrected chi connectivity index (χ3v) is 6.91. The standard InChI is InChI=1S/C21H18ClFN2O3S2/c1-29-19-8-10-20(11-9-19)30(27,28)25(18-7-3-5-16(23)13-18)14-21(26)24-17-6-2-4-15(22)12-17/h2-13H,14H2,1H3,(H,24,26). The third kappa shape index (κ3) is 5.33. The summed E-state index contributed by atoms with van der Waals surface area (Å²) in [5.41, 5.74) is 0.471. The molecule has 156 valence electrons. The highest BCUT2D eigenvalue weighted by atomic mass is 35.5. The zero-order chi connectivity index (χ0) is 21.7. The first kappa shape index (κ1) is 22.1. The van der Waals surface area contributed by atoms with Gasteiger partial charge in [0.05, 0.1) is 10.6 Å². The second-order valence-electron chi connectivity index (χ2n) is 6.23. The molecule has 0 aliphatic carbocycles. The molecule has 9 heteroatoms. The summed E-state index contributed by atoms with van der Waals surface area (Å²) in [6.45, 7) is -0.539. The lowest BCUT2D eigenvalue weighted by Gasteiger charge is -2.24. The number of rotatable bonds is 7. The number of halogens is 2. The average molecular weight is 465 g/mol. The van der Waals surface area contributed by atoms with E-state index in [1.807, 2.05) is 6.26 Å². The van der Waals surface area contributed by atoms with Crippen molar-refractivity contribution < 1.29 is 17.6 Å². The molecule has 0 unspecified atom stereocenters. The zero-order valence-corrected chi connectivity index (χ0v) is 18.3. The third-order valence-electron chi connectivity index (χ3n) is 4.14. The van der Waals surface area contributed by atoms with Crippen LogP contribution in [-0.2, 0) is 14.8 Å². The summed E-state index contributed by atoms with van der Waals surface area (Å²) in [7, 11) is -4.12. The molecule has 3 aromatic rings. The maximum absolute atomic E-state index is 13.8. The minimum absolute atomic E-state index is 0.000108. The molecular formula is C21H18ClFN2O3S2. The zero-order valence-electron chi connectivity index (χ0n) is 15.9. The predicted octanol–water partition coefficient (Wildman–Crippen LogP) is 5.04. The van der Waals surface area contributed by atoms with Crippen molar-refractivity contribution >= 4 is 50.7 Å². The van der Waals surface area contributed by atoms with E-state index < -0.39 is 28.3 Å². The highest BCUT2D eigenvalue weighted by Crippen LogP contribution is 2.26. The van der Waals surface area contributed by atoms with E-state index in [4.69, 9.17) is 11.6 Å². The van der Waals surface area contributed by atoms with Crippen LogP contribution >= 0.6 is 23.4 Å². The normalized spacial score (nSPS) is 11.2. The largest absolute Gasteiger partial charge is 0.324 e. The molecule has 3 rings (SSSR count). The number of carbonyl (C=O) groups excluding carboxylic acids is 1. The minimum atomic E-state index is -4.12. The Morgan fingerprint density at radius 3 is 2.40 bits per heavy atom. The Labute approximate surface area is 183 Å². The van der Waals surface area contributed by atoms with Crippen LogP contribution in [0.25, 0.3) is 0 Å². The topological polar surface area (TPSA) is 66.5 Å². The van der Waals surface area contributed by atoms with Crippen molar-refractivity contribution in [1.29, 1.82) is 0 Å². The van der Waals surface area contributed by atoms with Gasteiger partial charge in [-0.2, -0.15) is 0 Å². The number of thioether (sulfide) groups is 1. The Bertz CT molecular complexity index is 1150. The fourth-order valence-corrected chi connectivity index (χ4v) is 4.73. The number of nitrogens with one attached hydrogen (secondary N) is 1. The van der Waals surface area contributed by atoms with Crippen LogP contribution in [0.5, 0.6) is 0 Å². The van der Waals surface area contributed by atoms with Gasteiger partial charge in [0.2, 0.25) is 5.91 Å². The second-order valence-corrected chi connectivity index (χ2v) is 9.40. The summed E-state index contributed by atoms with van der Waals surface area (Å²) in [4.78, 5) is 13.5. The molecule has 0 spiro atoms. The van der Waals surface area contributed by atoms with Crippen molar-refractivity contribution in [1.82, 2.24) is 0 Å². The number of sulfonamides is 1. The lowest BCUT2D eigenvalue weighted by molar-refractivity contribution is -0.114. The summed E-state index contributed by atoms with van der Waals surface area (Å²) in [5.74, 6) is -1.20. The molecule has 0 atom stereocenters. The maximum Gasteiger partial charge on any atom is 0.264 e. The Morgan fingerprint density at radius 2 is 1.77 bits per heavy atom. The quantitative estimate of drug-likeness (QED) is 0.498. The number of hydrogen-bond acceptors (Lipinski definition) is 4. The van der Waals surface area contributed by atoms with Gasteiger partial charge in [-0.1, -0.05) is 23.7 Å². The van der Waals surface area contributed by atoms with Crippen LogP contribution in [0, 0.1) is 5.82 Å². The van der Waals surface area contributed by atoms with Crippen LogP contribution in [0.1, 0.15) is 0 Å². The Hall–Kier alpha value is -2.55. The lowest BCUT2D eigenvalue weighted by Crippen LogP contribution is -2.38. The van der Waals surface area contributed by atoms with Crippen LogP contribution in [0.15, 0.2) is 82.6 Å². The molecule has 1 amide bonds. The van der Waals surface area contributed by atoms with E-state index in [-0.39, 0.29) is 10.6 Å². The molecule has 3 aromatic carbocycles. The summed E-state index contributed by atoms with van der Waals surface area (Å²) < 4.78 is 41.2. The van der Waals surface area contributed by atoms with Crippen LogP contribution in [0.3, 0.4) is 0 Å². The number of anilines is 2. The molecule has 0 bridgehead atoms. The van der Waals surface area contributed by atoms with Crippen molar-refractivity contribution in [3.05, 3.63) is 83.6 Å². The highest BCUT2D eigenvalue weighted by molar-refractivity contribution is 7.98. The van der Waals surface area contributed by atoms with Gasteiger partial charge in [0, 0.05) is 15.6 Å². The van der Waals surface area contributed by atoms with Crippen molar-refractivity contribution in [3.63, 3.8) is 0 Å². The number of hydrogen-bond donors (Lipinski definition) is 1. The van der Waals surface area contributed by atoms with Gasteiger partial charge in [-0.3, -0.25) is 9.10 Å². The molecular weight excluding hydrogens is 447 g/mol. The summed E-state index contributed by atoms with van der Waals surface area (Å²) in [6.07, 6.45) is 1.88. The van der Waals surface area contributed by atoms with E-state index in [0.29, 0.717) is 10.7 Å². The van der Waals surface area contributed by atoms with E-state index in [2.05, 4.69) is 5.32 Å². The highest BCUT2D eigenvalue weighted by Gasteiger charge is 2.27. The van der Waals surface area contributed by atoms with Gasteiger partial charge in [0.15, 0.2) is 0 Å². The van der Waals surface area contributed by atoms with Gasteiger partial charge in [-0.15, -0.1) is 11.8 Å². The van der Waals surface area contributed by atoms with Gasteiger partial charge in [-0.25, -0.2) is 12.8 Å². The average Bonchev–Trinajstić information content (AvgIpc) is 2.72. The van der Waals surface area contributed by atoms with Crippen LogP contribution < -0.4 is 9.62 Å². The molecule has 0 aromatic heterocycles. The van der Waals surface area contributed by atoms with Crippen molar-refractivity contribution in [3.8, 4) is 0 Å². The van der Waals surface area contributed by atoms with Crippen LogP contribution in [0.2, 0.25) is 5.02 Å². The van der Waals surface area contributed by atoms with E-state index in [1.165, 1.54) is 42.1 Å². The fourth-order valence-electron chi connectivity index (χ4n) is 2.72. The number of amides is 1. The smallest absolute Gasteiger partial charge is 0.264 e. The van der Waals surface area contributed by atoms with Gasteiger partial charge in [0.1, 0.15) is 12.4 Å². The van der Waals surface area contributed by atoms with Gasteiger partial charge < -0.3 is 5.32 Å². The number of carbonyl (C=O) groups is 1. The van der Waals surface area contributed by atoms with E-state index in [0.717, 1.165) is 15.3 Å². The summed E-state index contributed by atoms with van der Waals surface area (Å²) in [5, 5.41) is 3.04. The summed E-state index contributed by atoms with van der Waals surface area (Å²) >= 11 is 7.40. The second kappa shape index (κ2) is 9.51. The Morgan fingerprint density at radius 1 is 1.07 bits per heavy atom. The molecule has 0 heterocycles. The fraction of sp³-hybridized carbons (Fsp3) is 0.0952. The first-order chi connectivity index (χ1) is 14.3. The van der Waals surface area contributed by atoms with Crippen molar-refractivity contribution in [2.45, 2.75) is 9.79 Å². The molecule has 0 aliphatic rings. The Kier molecular flexibility index (Phi) is 7.02. The SMILES string of the molecule is CSc1ccc(S(=O)(=O)N(CC(=O)Nc2cccc(Cl)c2)c2cccc(F)c2)cc1. The Balaban J connectivity index is 1.94. The number of nitrogens with zero attached hydrogens (tertiary/aromatic N) is 1. The predicted molar refractivity (Wildman–Crippen MR) is 119 cm³/mol. The molecule has 0 saturated heterocycles. The minimum Gasteiger partial charge on any atom is -0.324 e. The molecule has 0 fully saturated rings. The van der Waals surface area contributed by atoms with E-state index >= 15 is 0 Å². The first-order valence-electron chi connectivity index (χ1n) is 8.77. The summed E-state index contributed by atoms with van der Waals surface area (Å²) in [6, 6.07) is 17.8. The van der Waals surface area contributed by atoms with Gasteiger partial charge >= 0.3 is 0 Å². The molecule has 0 saturated carbocycles. The van der Waals surface area contributed by atoms with E-state index in [1.54, 1.807) is 36.4 Å². The molecule has 1 N–H and O–H groups in total. The van der Waals surface area contributed by atoms with E-state index in [9.17, 15) is 17.6 Å².